The van der Waals surface area contributed by atoms with Gasteiger partial charge in [0.25, 0.3) is 5.91 Å². The van der Waals surface area contributed by atoms with E-state index in [1.165, 1.54) is 0 Å². The van der Waals surface area contributed by atoms with Crippen molar-refractivity contribution in [1.82, 2.24) is 5.32 Å². The molecule has 1 atom stereocenters. The molecular weight excluding hydrogens is 250 g/mol. The van der Waals surface area contributed by atoms with Gasteiger partial charge in [0.05, 0.1) is 6.10 Å². The van der Waals surface area contributed by atoms with Gasteiger partial charge < -0.3 is 10.1 Å². The molecule has 2 rings (SSSR count). The zero-order valence-electron chi connectivity index (χ0n) is 10.1. The Labute approximate surface area is 112 Å². The van der Waals surface area contributed by atoms with Gasteiger partial charge in [-0.05, 0) is 24.5 Å². The smallest absolute Gasteiger partial charge is 0.262 e. The van der Waals surface area contributed by atoms with Crippen LogP contribution in [0.25, 0.3) is 6.08 Å². The summed E-state index contributed by atoms with van der Waals surface area (Å²) in [6.07, 6.45) is 3.86. The second kappa shape index (κ2) is 6.57. The highest BCUT2D eigenvalue weighted by Gasteiger charge is 2.16. The van der Waals surface area contributed by atoms with Crippen molar-refractivity contribution in [2.24, 2.45) is 0 Å². The van der Waals surface area contributed by atoms with Gasteiger partial charge >= 0.3 is 0 Å². The van der Waals surface area contributed by atoms with Gasteiger partial charge in [0, 0.05) is 13.2 Å². The number of ether oxygens (including phenoxy) is 1. The Balaban J connectivity index is 1.86. The topological polar surface area (TPSA) is 38.3 Å². The molecule has 1 amide bonds. The van der Waals surface area contributed by atoms with Crippen LogP contribution in [-0.4, -0.2) is 25.2 Å². The molecular formula is C14H16ClNO2. The van der Waals surface area contributed by atoms with E-state index in [1.54, 1.807) is 6.08 Å². The zero-order chi connectivity index (χ0) is 12.8. The third-order valence-electron chi connectivity index (χ3n) is 2.82. The molecule has 96 valence electrons. The first-order chi connectivity index (χ1) is 8.75. The SMILES string of the molecule is O=C(NCC1CCCO1)/C(Cl)=C/c1ccccc1. The van der Waals surface area contributed by atoms with Crippen molar-refractivity contribution in [3.8, 4) is 0 Å². The van der Waals surface area contributed by atoms with Crippen LogP contribution in [0.15, 0.2) is 35.4 Å². The third-order valence-corrected chi connectivity index (χ3v) is 3.10. The van der Waals surface area contributed by atoms with Gasteiger partial charge in [0.2, 0.25) is 0 Å². The highest BCUT2D eigenvalue weighted by molar-refractivity contribution is 6.44. The Hall–Kier alpha value is -1.32. The lowest BCUT2D eigenvalue weighted by Gasteiger charge is -2.10. The van der Waals surface area contributed by atoms with Crippen molar-refractivity contribution in [2.45, 2.75) is 18.9 Å². The molecule has 1 aromatic rings. The van der Waals surface area contributed by atoms with Gasteiger partial charge in [-0.15, -0.1) is 0 Å². The lowest BCUT2D eigenvalue weighted by molar-refractivity contribution is -0.117. The van der Waals surface area contributed by atoms with Crippen LogP contribution >= 0.6 is 11.6 Å². The molecule has 1 aromatic carbocycles. The summed E-state index contributed by atoms with van der Waals surface area (Å²) in [4.78, 5) is 11.7. The van der Waals surface area contributed by atoms with E-state index in [2.05, 4.69) is 5.32 Å². The number of carbonyl (C=O) groups excluding carboxylic acids is 1. The molecule has 1 aliphatic rings. The highest BCUT2D eigenvalue weighted by atomic mass is 35.5. The summed E-state index contributed by atoms with van der Waals surface area (Å²) >= 11 is 5.96. The van der Waals surface area contributed by atoms with E-state index in [0.29, 0.717) is 6.54 Å². The molecule has 0 radical (unpaired) electrons. The third kappa shape index (κ3) is 3.86. The minimum absolute atomic E-state index is 0.134. The summed E-state index contributed by atoms with van der Waals surface area (Å²) in [5.41, 5.74) is 0.912. The molecule has 3 nitrogen and oxygen atoms in total. The van der Waals surface area contributed by atoms with E-state index >= 15 is 0 Å². The fourth-order valence-corrected chi connectivity index (χ4v) is 2.05. The lowest BCUT2D eigenvalue weighted by Crippen LogP contribution is -2.31. The molecule has 0 aromatic heterocycles. The largest absolute Gasteiger partial charge is 0.376 e. The van der Waals surface area contributed by atoms with Crippen LogP contribution in [0.1, 0.15) is 18.4 Å². The number of carbonyl (C=O) groups is 1. The quantitative estimate of drug-likeness (QED) is 0.850. The molecule has 4 heteroatoms. The molecule has 1 fully saturated rings. The van der Waals surface area contributed by atoms with Crippen LogP contribution in [0.3, 0.4) is 0 Å². The first kappa shape index (κ1) is 13.1. The second-order valence-electron chi connectivity index (χ2n) is 4.25. The number of benzene rings is 1. The summed E-state index contributed by atoms with van der Waals surface area (Å²) in [5.74, 6) is -0.254. The van der Waals surface area contributed by atoms with Gasteiger partial charge in [0.1, 0.15) is 5.03 Å². The van der Waals surface area contributed by atoms with E-state index in [0.717, 1.165) is 25.0 Å². The predicted octanol–water partition coefficient (Wildman–Crippen LogP) is 2.56. The number of hydrogen-bond donors (Lipinski definition) is 1. The van der Waals surface area contributed by atoms with E-state index in [9.17, 15) is 4.79 Å². The van der Waals surface area contributed by atoms with Crippen molar-refractivity contribution < 1.29 is 9.53 Å². The standard InChI is InChI=1S/C14H16ClNO2/c15-13(9-11-5-2-1-3-6-11)14(17)16-10-12-7-4-8-18-12/h1-3,5-6,9,12H,4,7-8,10H2,(H,16,17)/b13-9-. The fourth-order valence-electron chi connectivity index (χ4n) is 1.86. The zero-order valence-corrected chi connectivity index (χ0v) is 10.8. The summed E-state index contributed by atoms with van der Waals surface area (Å²) in [5, 5.41) is 2.97. The number of rotatable bonds is 4. The molecule has 0 aliphatic carbocycles. The second-order valence-corrected chi connectivity index (χ2v) is 4.66. The minimum atomic E-state index is -0.254. The van der Waals surface area contributed by atoms with Crippen LogP contribution in [0.2, 0.25) is 0 Å². The molecule has 1 aliphatic heterocycles. The molecule has 0 spiro atoms. The lowest BCUT2D eigenvalue weighted by atomic mass is 10.2. The monoisotopic (exact) mass is 265 g/mol. The Bertz CT molecular complexity index is 425. The van der Waals surface area contributed by atoms with Crippen LogP contribution < -0.4 is 5.32 Å². The Morgan fingerprint density at radius 2 is 2.22 bits per heavy atom. The number of amides is 1. The van der Waals surface area contributed by atoms with Gasteiger partial charge in [-0.25, -0.2) is 0 Å². The van der Waals surface area contributed by atoms with Crippen LogP contribution in [0.4, 0.5) is 0 Å². The molecule has 0 saturated carbocycles. The maximum atomic E-state index is 11.7. The normalized spacial score (nSPS) is 19.8. The fraction of sp³-hybridized carbons (Fsp3) is 0.357. The van der Waals surface area contributed by atoms with E-state index < -0.39 is 0 Å². The van der Waals surface area contributed by atoms with Crippen LogP contribution in [-0.2, 0) is 9.53 Å². The highest BCUT2D eigenvalue weighted by Crippen LogP contribution is 2.12. The van der Waals surface area contributed by atoms with Crippen molar-refractivity contribution in [1.29, 1.82) is 0 Å². The Kier molecular flexibility index (Phi) is 4.79. The minimum Gasteiger partial charge on any atom is -0.376 e. The number of nitrogens with one attached hydrogen (secondary N) is 1. The first-order valence-electron chi connectivity index (χ1n) is 6.08. The van der Waals surface area contributed by atoms with Crippen molar-refractivity contribution in [2.75, 3.05) is 13.2 Å². The van der Waals surface area contributed by atoms with Gasteiger partial charge in [0.15, 0.2) is 0 Å². The van der Waals surface area contributed by atoms with Crippen LogP contribution in [0, 0.1) is 0 Å². The number of halogens is 1. The molecule has 0 bridgehead atoms. The van der Waals surface area contributed by atoms with Gasteiger partial charge in [-0.3, -0.25) is 4.79 Å². The van der Waals surface area contributed by atoms with Gasteiger partial charge in [-0.1, -0.05) is 41.9 Å². The number of hydrogen-bond acceptors (Lipinski definition) is 2. The first-order valence-corrected chi connectivity index (χ1v) is 6.45. The average Bonchev–Trinajstić information content (AvgIpc) is 2.90. The van der Waals surface area contributed by atoms with Crippen molar-refractivity contribution in [3.63, 3.8) is 0 Å². The molecule has 1 N–H and O–H groups in total. The summed E-state index contributed by atoms with van der Waals surface area (Å²) in [6, 6.07) is 9.52. The van der Waals surface area contributed by atoms with Crippen molar-refractivity contribution in [3.05, 3.63) is 40.9 Å². The average molecular weight is 266 g/mol. The van der Waals surface area contributed by atoms with Crippen molar-refractivity contribution >= 4 is 23.6 Å². The molecule has 1 unspecified atom stereocenters. The van der Waals surface area contributed by atoms with E-state index in [4.69, 9.17) is 16.3 Å². The van der Waals surface area contributed by atoms with E-state index in [-0.39, 0.29) is 17.0 Å². The van der Waals surface area contributed by atoms with Gasteiger partial charge in [-0.2, -0.15) is 0 Å². The maximum absolute atomic E-state index is 11.7. The Morgan fingerprint density at radius 1 is 1.44 bits per heavy atom. The predicted molar refractivity (Wildman–Crippen MR) is 72.3 cm³/mol. The molecule has 1 saturated heterocycles. The summed E-state index contributed by atoms with van der Waals surface area (Å²) in [6.45, 7) is 1.31. The summed E-state index contributed by atoms with van der Waals surface area (Å²) in [7, 11) is 0. The van der Waals surface area contributed by atoms with Crippen LogP contribution in [0.5, 0.6) is 0 Å². The Morgan fingerprint density at radius 3 is 2.89 bits per heavy atom. The van der Waals surface area contributed by atoms with E-state index in [1.807, 2.05) is 30.3 Å². The summed E-state index contributed by atoms with van der Waals surface area (Å²) < 4.78 is 5.42. The maximum Gasteiger partial charge on any atom is 0.262 e. The molecule has 1 heterocycles. The molecule has 18 heavy (non-hydrogen) atoms.